The van der Waals surface area contributed by atoms with Crippen LogP contribution in [0.1, 0.15) is 26.3 Å². The van der Waals surface area contributed by atoms with Gasteiger partial charge in [0.15, 0.2) is 0 Å². The second kappa shape index (κ2) is 5.73. The van der Waals surface area contributed by atoms with E-state index in [9.17, 15) is 9.59 Å². The van der Waals surface area contributed by atoms with Gasteiger partial charge in [0.2, 0.25) is 0 Å². The van der Waals surface area contributed by atoms with Gasteiger partial charge in [-0.3, -0.25) is 0 Å². The first kappa shape index (κ1) is 15.0. The smallest absolute Gasteiger partial charge is 0.329 e. The molecule has 0 aliphatic heterocycles. The lowest BCUT2D eigenvalue weighted by molar-refractivity contribution is -0.146. The largest absolute Gasteiger partial charge is 0.480 e. The van der Waals surface area contributed by atoms with Crippen molar-refractivity contribution in [3.05, 3.63) is 29.8 Å². The van der Waals surface area contributed by atoms with Crippen molar-refractivity contribution in [1.82, 2.24) is 4.90 Å². The standard InChI is InChI=1S/C14H20N2O3/c1-5-10-8-6-7-9-11(10)15-13(19)16(4)14(2,3)12(17)18/h6-9H,5H2,1-4H3,(H,15,19)(H,17,18). The highest BCUT2D eigenvalue weighted by Gasteiger charge is 2.35. The maximum absolute atomic E-state index is 12.1. The molecule has 0 aliphatic rings. The monoisotopic (exact) mass is 264 g/mol. The predicted octanol–water partition coefficient (Wildman–Crippen LogP) is 2.58. The number of carbonyl (C=O) groups is 2. The van der Waals surface area contributed by atoms with Crippen LogP contribution in [0.2, 0.25) is 0 Å². The van der Waals surface area contributed by atoms with Gasteiger partial charge in [0, 0.05) is 12.7 Å². The summed E-state index contributed by atoms with van der Waals surface area (Å²) in [5.74, 6) is -1.05. The topological polar surface area (TPSA) is 69.6 Å². The van der Waals surface area contributed by atoms with E-state index in [1.807, 2.05) is 25.1 Å². The third-order valence-corrected chi connectivity index (χ3v) is 3.31. The molecule has 1 aromatic carbocycles. The summed E-state index contributed by atoms with van der Waals surface area (Å²) in [6.07, 6.45) is 0.794. The summed E-state index contributed by atoms with van der Waals surface area (Å²) in [6, 6.07) is 7.03. The number of urea groups is 1. The van der Waals surface area contributed by atoms with E-state index in [0.717, 1.165) is 12.0 Å². The Morgan fingerprint density at radius 3 is 2.42 bits per heavy atom. The number of aliphatic carboxylic acids is 1. The normalized spacial score (nSPS) is 10.9. The fraction of sp³-hybridized carbons (Fsp3) is 0.429. The number of carboxylic acids is 1. The summed E-state index contributed by atoms with van der Waals surface area (Å²) in [4.78, 5) is 24.4. The summed E-state index contributed by atoms with van der Waals surface area (Å²) in [5.41, 5.74) is 0.464. The number of carboxylic acid groups (broad SMARTS) is 1. The molecule has 2 N–H and O–H groups in total. The van der Waals surface area contributed by atoms with Crippen molar-refractivity contribution in [2.24, 2.45) is 0 Å². The Bertz CT molecular complexity index is 483. The van der Waals surface area contributed by atoms with Crippen LogP contribution < -0.4 is 5.32 Å². The number of nitrogens with one attached hydrogen (secondary N) is 1. The molecule has 0 unspecified atom stereocenters. The van der Waals surface area contributed by atoms with E-state index >= 15 is 0 Å². The number of nitrogens with zero attached hydrogens (tertiary/aromatic N) is 1. The Labute approximate surface area is 113 Å². The number of hydrogen-bond donors (Lipinski definition) is 2. The minimum atomic E-state index is -1.26. The zero-order valence-electron chi connectivity index (χ0n) is 11.7. The molecule has 0 heterocycles. The SMILES string of the molecule is CCc1ccccc1NC(=O)N(C)C(C)(C)C(=O)O. The number of benzene rings is 1. The predicted molar refractivity (Wildman–Crippen MR) is 74.3 cm³/mol. The molecule has 5 nitrogen and oxygen atoms in total. The summed E-state index contributed by atoms with van der Waals surface area (Å²) >= 11 is 0. The van der Waals surface area contributed by atoms with Gasteiger partial charge in [-0.1, -0.05) is 25.1 Å². The third kappa shape index (κ3) is 3.24. The van der Waals surface area contributed by atoms with Gasteiger partial charge in [0.1, 0.15) is 5.54 Å². The molecule has 0 fully saturated rings. The molecular formula is C14H20N2O3. The van der Waals surface area contributed by atoms with Gasteiger partial charge in [0.05, 0.1) is 0 Å². The number of amides is 2. The number of anilines is 1. The Morgan fingerprint density at radius 2 is 1.89 bits per heavy atom. The van der Waals surface area contributed by atoms with Crippen molar-refractivity contribution in [1.29, 1.82) is 0 Å². The Morgan fingerprint density at radius 1 is 1.32 bits per heavy atom. The average Bonchev–Trinajstić information content (AvgIpc) is 2.38. The molecule has 2 amide bonds. The van der Waals surface area contributed by atoms with Crippen molar-refractivity contribution in [3.63, 3.8) is 0 Å². The molecule has 5 heteroatoms. The van der Waals surface area contributed by atoms with Gasteiger partial charge >= 0.3 is 12.0 Å². The third-order valence-electron chi connectivity index (χ3n) is 3.31. The molecule has 0 bridgehead atoms. The number of carbonyl (C=O) groups excluding carboxylic acids is 1. The molecule has 104 valence electrons. The highest BCUT2D eigenvalue weighted by Crippen LogP contribution is 2.18. The lowest BCUT2D eigenvalue weighted by atomic mass is 10.0. The van der Waals surface area contributed by atoms with E-state index in [0.29, 0.717) is 5.69 Å². The summed E-state index contributed by atoms with van der Waals surface area (Å²) < 4.78 is 0. The Balaban J connectivity index is 2.88. The lowest BCUT2D eigenvalue weighted by Crippen LogP contribution is -2.52. The lowest BCUT2D eigenvalue weighted by Gasteiger charge is -2.31. The van der Waals surface area contributed by atoms with E-state index in [-0.39, 0.29) is 0 Å². The van der Waals surface area contributed by atoms with Crippen LogP contribution in [0.4, 0.5) is 10.5 Å². The minimum absolute atomic E-state index is 0.437. The quantitative estimate of drug-likeness (QED) is 0.878. The van der Waals surface area contributed by atoms with E-state index in [1.54, 1.807) is 6.07 Å². The molecule has 0 aromatic heterocycles. The van der Waals surface area contributed by atoms with Gasteiger partial charge in [-0.15, -0.1) is 0 Å². The number of hydrogen-bond acceptors (Lipinski definition) is 2. The van der Waals surface area contributed by atoms with Crippen molar-refractivity contribution in [2.75, 3.05) is 12.4 Å². The Hall–Kier alpha value is -2.04. The second-order valence-corrected chi connectivity index (χ2v) is 4.86. The zero-order valence-corrected chi connectivity index (χ0v) is 11.7. The number of para-hydroxylation sites is 1. The van der Waals surface area contributed by atoms with Gasteiger partial charge in [0.25, 0.3) is 0 Å². The maximum Gasteiger partial charge on any atom is 0.329 e. The molecule has 1 rings (SSSR count). The molecule has 0 radical (unpaired) electrons. The first-order valence-corrected chi connectivity index (χ1v) is 6.16. The minimum Gasteiger partial charge on any atom is -0.480 e. The fourth-order valence-corrected chi connectivity index (χ4v) is 1.55. The summed E-state index contributed by atoms with van der Waals surface area (Å²) in [5, 5.41) is 11.9. The van der Waals surface area contributed by atoms with Crippen molar-refractivity contribution in [3.8, 4) is 0 Å². The van der Waals surface area contributed by atoms with Crippen LogP contribution in [0.25, 0.3) is 0 Å². The number of likely N-dealkylation sites (N-methyl/N-ethyl adjacent to an activating group) is 1. The van der Waals surface area contributed by atoms with Crippen LogP contribution in [0.5, 0.6) is 0 Å². The second-order valence-electron chi connectivity index (χ2n) is 4.86. The van der Waals surface area contributed by atoms with Crippen LogP contribution in [0.15, 0.2) is 24.3 Å². The van der Waals surface area contributed by atoms with Gasteiger partial charge in [-0.2, -0.15) is 0 Å². The highest BCUT2D eigenvalue weighted by molar-refractivity contribution is 5.94. The molecule has 0 aliphatic carbocycles. The van der Waals surface area contributed by atoms with E-state index in [4.69, 9.17) is 5.11 Å². The average molecular weight is 264 g/mol. The summed E-state index contributed by atoms with van der Waals surface area (Å²) in [7, 11) is 1.47. The van der Waals surface area contributed by atoms with Gasteiger partial charge < -0.3 is 15.3 Å². The van der Waals surface area contributed by atoms with Gasteiger partial charge in [-0.05, 0) is 31.9 Å². The molecule has 0 saturated carbocycles. The zero-order chi connectivity index (χ0) is 14.6. The first-order chi connectivity index (χ1) is 8.80. The molecule has 19 heavy (non-hydrogen) atoms. The van der Waals surface area contributed by atoms with Crippen LogP contribution in [0.3, 0.4) is 0 Å². The molecular weight excluding hydrogens is 244 g/mol. The van der Waals surface area contributed by atoms with Crippen LogP contribution in [-0.4, -0.2) is 34.6 Å². The maximum atomic E-state index is 12.1. The number of aryl methyl sites for hydroxylation is 1. The highest BCUT2D eigenvalue weighted by atomic mass is 16.4. The van der Waals surface area contributed by atoms with Crippen molar-refractivity contribution < 1.29 is 14.7 Å². The molecule has 0 spiro atoms. The van der Waals surface area contributed by atoms with E-state index < -0.39 is 17.5 Å². The molecule has 0 atom stereocenters. The van der Waals surface area contributed by atoms with Crippen LogP contribution >= 0.6 is 0 Å². The van der Waals surface area contributed by atoms with E-state index in [2.05, 4.69) is 5.32 Å². The fourth-order valence-electron chi connectivity index (χ4n) is 1.55. The van der Waals surface area contributed by atoms with Gasteiger partial charge in [-0.25, -0.2) is 9.59 Å². The first-order valence-electron chi connectivity index (χ1n) is 6.16. The van der Waals surface area contributed by atoms with Crippen LogP contribution in [0, 0.1) is 0 Å². The van der Waals surface area contributed by atoms with Crippen molar-refractivity contribution >= 4 is 17.7 Å². The number of rotatable bonds is 4. The van der Waals surface area contributed by atoms with Crippen molar-refractivity contribution in [2.45, 2.75) is 32.7 Å². The molecule has 0 saturated heterocycles. The molecule has 1 aromatic rings. The summed E-state index contributed by atoms with van der Waals surface area (Å²) in [6.45, 7) is 4.97. The van der Waals surface area contributed by atoms with Crippen LogP contribution in [-0.2, 0) is 11.2 Å². The van der Waals surface area contributed by atoms with E-state index in [1.165, 1.54) is 25.8 Å². The Kier molecular flexibility index (Phi) is 4.53.